The van der Waals surface area contributed by atoms with E-state index in [2.05, 4.69) is 43.9 Å². The predicted octanol–water partition coefficient (Wildman–Crippen LogP) is 4.52. The van der Waals surface area contributed by atoms with Gasteiger partial charge >= 0.3 is 5.97 Å². The predicted molar refractivity (Wildman–Crippen MR) is 120 cm³/mol. The second kappa shape index (κ2) is 7.68. The number of benzene rings is 2. The van der Waals surface area contributed by atoms with Gasteiger partial charge in [-0.1, -0.05) is 41.9 Å². The van der Waals surface area contributed by atoms with Crippen LogP contribution in [0.15, 0.2) is 48.5 Å². The number of nitrogens with zero attached hydrogens (tertiary/aromatic N) is 4. The Morgan fingerprint density at radius 1 is 1.10 bits per heavy atom. The SMILES string of the molecule is Cn1c(-c2ccc(N3CCC(C(=O)O)CC3)cc2Cl)nnc1C1(c2ccccc2)CC1. The lowest BCUT2D eigenvalue weighted by Gasteiger charge is -2.32. The molecule has 1 saturated carbocycles. The number of carboxylic acids is 1. The maximum absolute atomic E-state index is 11.2. The highest BCUT2D eigenvalue weighted by molar-refractivity contribution is 6.33. The molecule has 2 aliphatic rings. The number of carboxylic acid groups (broad SMARTS) is 1. The van der Waals surface area contributed by atoms with E-state index in [0.29, 0.717) is 17.9 Å². The summed E-state index contributed by atoms with van der Waals surface area (Å²) in [6.45, 7) is 1.45. The number of rotatable bonds is 5. The number of piperidine rings is 1. The van der Waals surface area contributed by atoms with Crippen LogP contribution in [0.4, 0.5) is 5.69 Å². The Hall–Kier alpha value is -2.86. The highest BCUT2D eigenvalue weighted by Gasteiger charge is 2.49. The van der Waals surface area contributed by atoms with E-state index >= 15 is 0 Å². The Kier molecular flexibility index (Phi) is 4.97. The lowest BCUT2D eigenvalue weighted by molar-refractivity contribution is -0.142. The monoisotopic (exact) mass is 436 g/mol. The van der Waals surface area contributed by atoms with Crippen LogP contribution in [-0.4, -0.2) is 38.9 Å². The number of aromatic nitrogens is 3. The molecule has 0 amide bonds. The third kappa shape index (κ3) is 3.49. The molecule has 2 aromatic carbocycles. The van der Waals surface area contributed by atoms with Crippen molar-refractivity contribution in [3.8, 4) is 11.4 Å². The molecule has 3 aromatic rings. The van der Waals surface area contributed by atoms with Crippen LogP contribution < -0.4 is 4.90 Å². The van der Waals surface area contributed by atoms with Crippen molar-refractivity contribution in [1.82, 2.24) is 14.8 Å². The number of carbonyl (C=O) groups is 1. The third-order valence-corrected chi connectivity index (χ3v) is 7.09. The van der Waals surface area contributed by atoms with Crippen LogP contribution in [0.1, 0.15) is 37.1 Å². The molecule has 0 bridgehead atoms. The van der Waals surface area contributed by atoms with Gasteiger partial charge in [-0.2, -0.15) is 0 Å². The van der Waals surface area contributed by atoms with Gasteiger partial charge in [0.25, 0.3) is 0 Å². The first-order valence-corrected chi connectivity index (χ1v) is 11.1. The van der Waals surface area contributed by atoms with Gasteiger partial charge in [-0.15, -0.1) is 10.2 Å². The van der Waals surface area contributed by atoms with Crippen LogP contribution in [0.3, 0.4) is 0 Å². The van der Waals surface area contributed by atoms with E-state index in [-0.39, 0.29) is 11.3 Å². The average Bonchev–Trinajstić information content (AvgIpc) is 3.51. The first kappa shape index (κ1) is 20.1. The van der Waals surface area contributed by atoms with E-state index in [1.807, 2.05) is 31.3 Å². The van der Waals surface area contributed by atoms with Gasteiger partial charge in [0.1, 0.15) is 5.82 Å². The molecular weight excluding hydrogens is 412 g/mol. The Balaban J connectivity index is 1.40. The number of halogens is 1. The van der Waals surface area contributed by atoms with Gasteiger partial charge in [-0.25, -0.2) is 0 Å². The molecule has 2 heterocycles. The van der Waals surface area contributed by atoms with Crippen molar-refractivity contribution in [2.45, 2.75) is 31.1 Å². The second-order valence-electron chi connectivity index (χ2n) is 8.62. The summed E-state index contributed by atoms with van der Waals surface area (Å²) in [5, 5.41) is 18.9. The topological polar surface area (TPSA) is 71.2 Å². The molecule has 160 valence electrons. The van der Waals surface area contributed by atoms with Gasteiger partial charge in [0.05, 0.1) is 16.4 Å². The zero-order valence-electron chi connectivity index (χ0n) is 17.5. The van der Waals surface area contributed by atoms with Crippen LogP contribution in [0.25, 0.3) is 11.4 Å². The Morgan fingerprint density at radius 3 is 2.42 bits per heavy atom. The van der Waals surface area contributed by atoms with Crippen LogP contribution >= 0.6 is 11.6 Å². The Bertz CT molecular complexity index is 1120. The molecule has 0 atom stereocenters. The fourth-order valence-corrected chi connectivity index (χ4v) is 5.03. The summed E-state index contributed by atoms with van der Waals surface area (Å²) in [5.41, 5.74) is 3.10. The van der Waals surface area contributed by atoms with Crippen molar-refractivity contribution in [3.63, 3.8) is 0 Å². The molecule has 0 spiro atoms. The number of hydrogen-bond acceptors (Lipinski definition) is 4. The van der Waals surface area contributed by atoms with E-state index in [1.165, 1.54) is 5.56 Å². The van der Waals surface area contributed by atoms with E-state index in [0.717, 1.165) is 48.8 Å². The van der Waals surface area contributed by atoms with Gasteiger partial charge in [-0.05, 0) is 49.4 Å². The highest BCUT2D eigenvalue weighted by atomic mass is 35.5. The van der Waals surface area contributed by atoms with Crippen LogP contribution in [0.2, 0.25) is 5.02 Å². The number of hydrogen-bond donors (Lipinski definition) is 1. The molecule has 1 aromatic heterocycles. The third-order valence-electron chi connectivity index (χ3n) is 6.78. The standard InChI is InChI=1S/C24H25ClN4O2/c1-28-21(26-27-23(28)24(11-12-24)17-5-3-2-4-6-17)19-8-7-18(15-20(19)25)29-13-9-16(10-14-29)22(30)31/h2-8,15-16H,9-14H2,1H3,(H,30,31). The lowest BCUT2D eigenvalue weighted by atomic mass is 9.95. The first-order valence-electron chi connectivity index (χ1n) is 10.7. The van der Waals surface area contributed by atoms with E-state index in [1.54, 1.807) is 0 Å². The fourth-order valence-electron chi connectivity index (χ4n) is 4.77. The lowest BCUT2D eigenvalue weighted by Crippen LogP contribution is -2.36. The molecule has 1 N–H and O–H groups in total. The molecule has 1 aliphatic carbocycles. The van der Waals surface area contributed by atoms with Crippen LogP contribution in [0, 0.1) is 5.92 Å². The van der Waals surface area contributed by atoms with E-state index < -0.39 is 5.97 Å². The quantitative estimate of drug-likeness (QED) is 0.636. The molecule has 6 nitrogen and oxygen atoms in total. The molecule has 2 fully saturated rings. The van der Waals surface area contributed by atoms with Gasteiger partial charge < -0.3 is 14.6 Å². The summed E-state index contributed by atoms with van der Waals surface area (Å²) in [6, 6.07) is 16.5. The Labute approximate surface area is 186 Å². The zero-order valence-corrected chi connectivity index (χ0v) is 18.2. The summed E-state index contributed by atoms with van der Waals surface area (Å²) in [4.78, 5) is 13.4. The van der Waals surface area contributed by atoms with Crippen molar-refractivity contribution in [2.75, 3.05) is 18.0 Å². The first-order chi connectivity index (χ1) is 15.0. The molecule has 7 heteroatoms. The van der Waals surface area contributed by atoms with Crippen molar-refractivity contribution in [3.05, 3.63) is 64.9 Å². The van der Waals surface area contributed by atoms with Crippen LogP contribution in [-0.2, 0) is 17.3 Å². The van der Waals surface area contributed by atoms with Gasteiger partial charge in [0.15, 0.2) is 5.82 Å². The molecule has 0 unspecified atom stereocenters. The minimum atomic E-state index is -0.699. The summed E-state index contributed by atoms with van der Waals surface area (Å²) >= 11 is 6.69. The Morgan fingerprint density at radius 2 is 1.81 bits per heavy atom. The smallest absolute Gasteiger partial charge is 0.306 e. The van der Waals surface area contributed by atoms with Crippen molar-refractivity contribution < 1.29 is 9.90 Å². The largest absolute Gasteiger partial charge is 0.481 e. The molecule has 31 heavy (non-hydrogen) atoms. The van der Waals surface area contributed by atoms with Gasteiger partial charge in [-0.3, -0.25) is 4.79 Å². The summed E-state index contributed by atoms with van der Waals surface area (Å²) in [6.07, 6.45) is 3.45. The molecule has 1 saturated heterocycles. The molecular formula is C24H25ClN4O2. The fraction of sp³-hybridized carbons (Fsp3) is 0.375. The number of aliphatic carboxylic acids is 1. The maximum Gasteiger partial charge on any atom is 0.306 e. The minimum Gasteiger partial charge on any atom is -0.481 e. The van der Waals surface area contributed by atoms with Gasteiger partial charge in [0, 0.05) is 31.4 Å². The molecule has 1 aliphatic heterocycles. The average molecular weight is 437 g/mol. The van der Waals surface area contributed by atoms with Gasteiger partial charge in [0.2, 0.25) is 0 Å². The normalized spacial score (nSPS) is 18.2. The molecule has 5 rings (SSSR count). The summed E-state index contributed by atoms with van der Waals surface area (Å²) in [7, 11) is 2.01. The van der Waals surface area contributed by atoms with E-state index in [4.69, 9.17) is 11.6 Å². The van der Waals surface area contributed by atoms with E-state index in [9.17, 15) is 9.90 Å². The minimum absolute atomic E-state index is 0.0534. The zero-order chi connectivity index (χ0) is 21.6. The van der Waals surface area contributed by atoms with Crippen molar-refractivity contribution in [1.29, 1.82) is 0 Å². The maximum atomic E-state index is 11.2. The summed E-state index contributed by atoms with van der Waals surface area (Å²) < 4.78 is 2.07. The summed E-state index contributed by atoms with van der Waals surface area (Å²) in [5.74, 6) is 0.792. The second-order valence-corrected chi connectivity index (χ2v) is 9.03. The van der Waals surface area contributed by atoms with Crippen LogP contribution in [0.5, 0.6) is 0 Å². The van der Waals surface area contributed by atoms with Crippen molar-refractivity contribution in [2.24, 2.45) is 13.0 Å². The van der Waals surface area contributed by atoms with Crippen molar-refractivity contribution >= 4 is 23.3 Å². The highest BCUT2D eigenvalue weighted by Crippen LogP contribution is 2.53. The molecule has 0 radical (unpaired) electrons. The number of anilines is 1.